The fourth-order valence-corrected chi connectivity index (χ4v) is 4.00. The molecular weight excluding hydrogens is 374 g/mol. The highest BCUT2D eigenvalue weighted by Crippen LogP contribution is 2.14. The fourth-order valence-electron chi connectivity index (χ4n) is 4.00. The molecule has 30 heavy (non-hydrogen) atoms. The van der Waals surface area contributed by atoms with E-state index in [4.69, 9.17) is 0 Å². The number of carbonyl (C=O) groups excluding carboxylic acids is 1. The second-order valence-corrected chi connectivity index (χ2v) is 9.12. The summed E-state index contributed by atoms with van der Waals surface area (Å²) < 4.78 is 0. The normalized spacial score (nSPS) is 13.3. The number of nitrogens with one attached hydrogen (secondary N) is 1. The van der Waals surface area contributed by atoms with Crippen LogP contribution in [0.1, 0.15) is 142 Å². The van der Waals surface area contributed by atoms with Gasteiger partial charge in [0.2, 0.25) is 5.91 Å². The summed E-state index contributed by atoms with van der Waals surface area (Å²) in [6, 6.07) is -0.523. The Morgan fingerprint density at radius 3 is 1.50 bits per heavy atom. The van der Waals surface area contributed by atoms with E-state index in [-0.39, 0.29) is 12.5 Å². The highest BCUT2D eigenvalue weighted by atomic mass is 16.3. The number of amides is 1. The van der Waals surface area contributed by atoms with Crippen LogP contribution in [0.4, 0.5) is 0 Å². The third-order valence-corrected chi connectivity index (χ3v) is 6.12. The molecule has 0 aliphatic carbocycles. The zero-order valence-corrected chi connectivity index (χ0v) is 20.3. The molecule has 0 spiro atoms. The molecule has 1 unspecified atom stereocenters. The second kappa shape index (κ2) is 23.1. The second-order valence-electron chi connectivity index (χ2n) is 9.12. The average Bonchev–Trinajstić information content (AvgIpc) is 2.75. The van der Waals surface area contributed by atoms with E-state index in [1.54, 1.807) is 0 Å². The van der Waals surface area contributed by atoms with Gasteiger partial charge in [-0.05, 0) is 12.8 Å². The number of unbranched alkanes of at least 4 members (excludes halogenated alkanes) is 16. The van der Waals surface area contributed by atoms with E-state index >= 15 is 0 Å². The smallest absolute Gasteiger partial charge is 0.220 e. The Bertz CT molecular complexity index is 362. The van der Waals surface area contributed by atoms with Gasteiger partial charge in [0.15, 0.2) is 0 Å². The Balaban J connectivity index is 3.57. The minimum absolute atomic E-state index is 0.0463. The lowest BCUT2D eigenvalue weighted by Crippen LogP contribution is -2.45. The molecule has 3 N–H and O–H groups in total. The highest BCUT2D eigenvalue weighted by Gasteiger charge is 2.19. The Hall–Kier alpha value is -0.610. The molecule has 180 valence electrons. The molecule has 0 aliphatic rings. The third-order valence-electron chi connectivity index (χ3n) is 6.12. The van der Waals surface area contributed by atoms with Crippen molar-refractivity contribution < 1.29 is 15.0 Å². The molecule has 0 aliphatic heterocycles. The van der Waals surface area contributed by atoms with Crippen LogP contribution in [0, 0.1) is 0 Å². The lowest BCUT2D eigenvalue weighted by Gasteiger charge is -2.22. The summed E-state index contributed by atoms with van der Waals surface area (Å²) in [5, 5.41) is 22.6. The predicted molar refractivity (Wildman–Crippen MR) is 129 cm³/mol. The Kier molecular flexibility index (Phi) is 22.6. The van der Waals surface area contributed by atoms with Gasteiger partial charge in [-0.15, -0.1) is 0 Å². The Morgan fingerprint density at radius 1 is 0.667 bits per heavy atom. The lowest BCUT2D eigenvalue weighted by atomic mass is 10.0. The Morgan fingerprint density at radius 2 is 1.07 bits per heavy atom. The first-order valence-electron chi connectivity index (χ1n) is 13.2. The highest BCUT2D eigenvalue weighted by molar-refractivity contribution is 5.76. The SMILES string of the molecule is CCCCCCCCCCCCCCC[C@@H](O)C(CO)NC(=O)CCCCCCC. The van der Waals surface area contributed by atoms with Gasteiger partial charge in [-0.25, -0.2) is 0 Å². The van der Waals surface area contributed by atoms with Gasteiger partial charge in [0.25, 0.3) is 0 Å². The molecule has 0 fully saturated rings. The van der Waals surface area contributed by atoms with E-state index in [0.717, 1.165) is 25.7 Å². The van der Waals surface area contributed by atoms with Gasteiger partial charge >= 0.3 is 0 Å². The molecule has 4 heteroatoms. The van der Waals surface area contributed by atoms with Crippen molar-refractivity contribution in [3.63, 3.8) is 0 Å². The molecule has 0 bridgehead atoms. The minimum atomic E-state index is -0.647. The first-order valence-corrected chi connectivity index (χ1v) is 13.2. The molecule has 0 saturated carbocycles. The van der Waals surface area contributed by atoms with Crippen molar-refractivity contribution in [3.05, 3.63) is 0 Å². The van der Waals surface area contributed by atoms with Gasteiger partial charge in [0.1, 0.15) is 0 Å². The number of hydrogen-bond acceptors (Lipinski definition) is 3. The maximum absolute atomic E-state index is 12.0. The summed E-state index contributed by atoms with van der Waals surface area (Å²) in [5.41, 5.74) is 0. The summed E-state index contributed by atoms with van der Waals surface area (Å²) in [4.78, 5) is 12.0. The summed E-state index contributed by atoms with van der Waals surface area (Å²) in [6.45, 7) is 4.25. The van der Waals surface area contributed by atoms with Gasteiger partial charge in [0.05, 0.1) is 18.8 Å². The van der Waals surface area contributed by atoms with Crippen molar-refractivity contribution in [3.8, 4) is 0 Å². The van der Waals surface area contributed by atoms with Crippen LogP contribution in [0.15, 0.2) is 0 Å². The molecule has 2 atom stereocenters. The first kappa shape index (κ1) is 29.4. The van der Waals surface area contributed by atoms with Crippen molar-refractivity contribution >= 4 is 5.91 Å². The van der Waals surface area contributed by atoms with E-state index < -0.39 is 12.1 Å². The fraction of sp³-hybridized carbons (Fsp3) is 0.962. The maximum Gasteiger partial charge on any atom is 0.220 e. The van der Waals surface area contributed by atoms with Crippen LogP contribution in [-0.4, -0.2) is 34.9 Å². The first-order chi connectivity index (χ1) is 14.7. The summed E-state index contributed by atoms with van der Waals surface area (Å²) >= 11 is 0. The molecule has 0 aromatic heterocycles. The van der Waals surface area contributed by atoms with Crippen molar-refractivity contribution in [1.29, 1.82) is 0 Å². The number of hydrogen-bond donors (Lipinski definition) is 3. The molecule has 0 rings (SSSR count). The van der Waals surface area contributed by atoms with Crippen molar-refractivity contribution in [1.82, 2.24) is 5.32 Å². The monoisotopic (exact) mass is 427 g/mol. The topological polar surface area (TPSA) is 69.6 Å². The summed E-state index contributed by atoms with van der Waals surface area (Å²) in [6.07, 6.45) is 23.0. The van der Waals surface area contributed by atoms with Gasteiger partial charge in [0, 0.05) is 6.42 Å². The van der Waals surface area contributed by atoms with Crippen LogP contribution in [-0.2, 0) is 4.79 Å². The van der Waals surface area contributed by atoms with Crippen LogP contribution in [0.5, 0.6) is 0 Å². The molecule has 1 amide bonds. The predicted octanol–water partition coefficient (Wildman–Crippen LogP) is 6.67. The van der Waals surface area contributed by atoms with Gasteiger partial charge in [-0.3, -0.25) is 4.79 Å². The molecule has 4 nitrogen and oxygen atoms in total. The summed E-state index contributed by atoms with van der Waals surface area (Å²) in [5.74, 6) is -0.0463. The molecule has 0 heterocycles. The number of aliphatic hydroxyl groups is 2. The number of rotatable bonds is 23. The minimum Gasteiger partial charge on any atom is -0.394 e. The maximum atomic E-state index is 12.0. The average molecular weight is 428 g/mol. The van der Waals surface area contributed by atoms with Crippen molar-refractivity contribution in [2.75, 3.05) is 6.61 Å². The lowest BCUT2D eigenvalue weighted by molar-refractivity contribution is -0.123. The van der Waals surface area contributed by atoms with Crippen LogP contribution >= 0.6 is 0 Å². The van der Waals surface area contributed by atoms with Gasteiger partial charge in [-0.2, -0.15) is 0 Å². The largest absolute Gasteiger partial charge is 0.394 e. The third kappa shape index (κ3) is 19.4. The zero-order chi connectivity index (χ0) is 22.3. The van der Waals surface area contributed by atoms with Crippen LogP contribution in [0.2, 0.25) is 0 Å². The van der Waals surface area contributed by atoms with Crippen LogP contribution < -0.4 is 5.32 Å². The van der Waals surface area contributed by atoms with E-state index in [1.165, 1.54) is 89.9 Å². The molecule has 0 aromatic carbocycles. The molecule has 0 saturated heterocycles. The molecule has 0 aromatic rings. The van der Waals surface area contributed by atoms with Gasteiger partial charge < -0.3 is 15.5 Å². The van der Waals surface area contributed by atoms with Crippen LogP contribution in [0.25, 0.3) is 0 Å². The van der Waals surface area contributed by atoms with Crippen molar-refractivity contribution in [2.45, 2.75) is 154 Å². The quantitative estimate of drug-likeness (QED) is 0.160. The number of carbonyl (C=O) groups is 1. The Labute approximate surface area is 187 Å². The van der Waals surface area contributed by atoms with Crippen LogP contribution in [0.3, 0.4) is 0 Å². The molecular formula is C26H53NO3. The number of aliphatic hydroxyl groups excluding tert-OH is 2. The van der Waals surface area contributed by atoms with E-state index in [2.05, 4.69) is 19.2 Å². The van der Waals surface area contributed by atoms with Crippen molar-refractivity contribution in [2.24, 2.45) is 0 Å². The van der Waals surface area contributed by atoms with E-state index in [0.29, 0.717) is 12.8 Å². The standard InChI is InChI=1S/C26H53NO3/c1-3-5-7-9-10-11-12-13-14-15-16-18-19-21-25(29)24(23-28)27-26(30)22-20-17-8-6-4-2/h24-25,28-29H,3-23H2,1-2H3,(H,27,30)/t24?,25-/m1/s1. The van der Waals surface area contributed by atoms with E-state index in [9.17, 15) is 15.0 Å². The summed E-state index contributed by atoms with van der Waals surface area (Å²) in [7, 11) is 0. The van der Waals surface area contributed by atoms with E-state index in [1.807, 2.05) is 0 Å². The zero-order valence-electron chi connectivity index (χ0n) is 20.3. The molecule has 0 radical (unpaired) electrons. The van der Waals surface area contributed by atoms with Gasteiger partial charge in [-0.1, -0.05) is 123 Å².